The number of hydrogen-bond acceptors (Lipinski definition) is 7. The molecular weight excluding hydrogens is 615 g/mol. The summed E-state index contributed by atoms with van der Waals surface area (Å²) in [6, 6.07) is 12.7. The summed E-state index contributed by atoms with van der Waals surface area (Å²) in [5, 5.41) is 21.5. The molecular formula is C33H34F3N7O4. The third kappa shape index (κ3) is 7.13. The Morgan fingerprint density at radius 2 is 1.83 bits per heavy atom. The summed E-state index contributed by atoms with van der Waals surface area (Å²) in [7, 11) is 0. The van der Waals surface area contributed by atoms with Crippen LogP contribution < -0.4 is 15.5 Å². The van der Waals surface area contributed by atoms with Gasteiger partial charge in [-0.05, 0) is 68.7 Å². The number of likely N-dealkylation sites (tertiary alicyclic amines) is 1. The molecule has 11 nitrogen and oxygen atoms in total. The van der Waals surface area contributed by atoms with Crippen molar-refractivity contribution < 1.29 is 32.7 Å². The molecule has 0 bridgehead atoms. The maximum atomic E-state index is 13.0. The lowest BCUT2D eigenvalue weighted by molar-refractivity contribution is -0.141. The minimum absolute atomic E-state index is 0.0533. The van der Waals surface area contributed by atoms with Crippen LogP contribution in [0.4, 0.5) is 29.3 Å². The Balaban J connectivity index is 1.13. The van der Waals surface area contributed by atoms with Gasteiger partial charge in [0.25, 0.3) is 5.91 Å². The van der Waals surface area contributed by atoms with Crippen molar-refractivity contribution in [2.45, 2.75) is 57.5 Å². The first-order valence-corrected chi connectivity index (χ1v) is 15.3. The van der Waals surface area contributed by atoms with E-state index in [1.165, 1.54) is 0 Å². The van der Waals surface area contributed by atoms with E-state index in [4.69, 9.17) is 5.10 Å². The number of benzene rings is 2. The zero-order valence-electron chi connectivity index (χ0n) is 25.8. The van der Waals surface area contributed by atoms with Crippen LogP contribution in [0.25, 0.3) is 10.9 Å². The molecule has 0 unspecified atom stereocenters. The SMILES string of the molecule is CC(C)(O)c1cc2nn(C3CCN(Cc4cccc(N5CCC(=O)NC5=O)c4)CC3)cc2cc1NC(=O)c1ccc(C(F)(F)F)nc1. The average molecular weight is 650 g/mol. The fourth-order valence-corrected chi connectivity index (χ4v) is 6.01. The van der Waals surface area contributed by atoms with E-state index in [0.29, 0.717) is 29.9 Å². The lowest BCUT2D eigenvalue weighted by atomic mass is 9.95. The molecule has 4 amide bonds. The normalized spacial score (nSPS) is 16.9. The van der Waals surface area contributed by atoms with Crippen LogP contribution in [0.15, 0.2) is 60.9 Å². The molecule has 2 aliphatic rings. The lowest BCUT2D eigenvalue weighted by Gasteiger charge is -2.32. The van der Waals surface area contributed by atoms with Crippen LogP contribution in [0.5, 0.6) is 0 Å². The number of nitrogens with one attached hydrogen (secondary N) is 2. The minimum atomic E-state index is -4.62. The van der Waals surface area contributed by atoms with Gasteiger partial charge in [0.15, 0.2) is 0 Å². The average Bonchev–Trinajstić information content (AvgIpc) is 3.43. The molecule has 6 rings (SSSR count). The molecule has 3 N–H and O–H groups in total. The van der Waals surface area contributed by atoms with E-state index in [9.17, 15) is 32.7 Å². The highest BCUT2D eigenvalue weighted by molar-refractivity contribution is 6.06. The molecule has 0 saturated carbocycles. The van der Waals surface area contributed by atoms with Crippen molar-refractivity contribution in [2.24, 2.45) is 0 Å². The van der Waals surface area contributed by atoms with Gasteiger partial charge in [0.1, 0.15) is 5.69 Å². The zero-order valence-corrected chi connectivity index (χ0v) is 25.8. The van der Waals surface area contributed by atoms with Crippen LogP contribution in [-0.2, 0) is 23.1 Å². The summed E-state index contributed by atoms with van der Waals surface area (Å²) in [6.07, 6.45) is 0.103. The lowest BCUT2D eigenvalue weighted by Crippen LogP contribution is -2.49. The monoisotopic (exact) mass is 649 g/mol. The van der Waals surface area contributed by atoms with E-state index in [2.05, 4.69) is 20.5 Å². The Labute approximate surface area is 268 Å². The summed E-state index contributed by atoms with van der Waals surface area (Å²) >= 11 is 0. The molecule has 47 heavy (non-hydrogen) atoms. The summed E-state index contributed by atoms with van der Waals surface area (Å²) in [6.45, 7) is 5.85. The summed E-state index contributed by atoms with van der Waals surface area (Å²) < 4.78 is 40.7. The van der Waals surface area contributed by atoms with Gasteiger partial charge >= 0.3 is 12.2 Å². The van der Waals surface area contributed by atoms with Crippen LogP contribution in [0.1, 0.15) is 66.3 Å². The number of hydrogen-bond donors (Lipinski definition) is 3. The molecule has 0 radical (unpaired) electrons. The van der Waals surface area contributed by atoms with Gasteiger partial charge < -0.3 is 10.4 Å². The van der Waals surface area contributed by atoms with Crippen LogP contribution in [-0.4, -0.2) is 62.3 Å². The second kappa shape index (κ2) is 12.4. The molecule has 0 spiro atoms. The van der Waals surface area contributed by atoms with Gasteiger partial charge in [-0.25, -0.2) is 4.79 Å². The predicted molar refractivity (Wildman–Crippen MR) is 168 cm³/mol. The van der Waals surface area contributed by atoms with Crippen molar-refractivity contribution in [3.63, 3.8) is 0 Å². The number of urea groups is 1. The third-order valence-corrected chi connectivity index (χ3v) is 8.50. The summed E-state index contributed by atoms with van der Waals surface area (Å²) in [4.78, 5) is 44.0. The number of pyridine rings is 1. The highest BCUT2D eigenvalue weighted by Gasteiger charge is 2.32. The van der Waals surface area contributed by atoms with Gasteiger partial charge in [0.2, 0.25) is 5.91 Å². The van der Waals surface area contributed by atoms with Crippen molar-refractivity contribution >= 4 is 40.1 Å². The minimum Gasteiger partial charge on any atom is -0.386 e. The summed E-state index contributed by atoms with van der Waals surface area (Å²) in [5.41, 5.74) is 0.689. The Bertz CT molecular complexity index is 1820. The zero-order chi connectivity index (χ0) is 33.5. The molecule has 14 heteroatoms. The van der Waals surface area contributed by atoms with Crippen molar-refractivity contribution in [1.29, 1.82) is 0 Å². The van der Waals surface area contributed by atoms with Gasteiger partial charge in [-0.1, -0.05) is 12.1 Å². The number of piperidine rings is 1. The number of fused-ring (bicyclic) bond motifs is 1. The van der Waals surface area contributed by atoms with Crippen LogP contribution in [0, 0.1) is 0 Å². The van der Waals surface area contributed by atoms with Gasteiger partial charge in [-0.15, -0.1) is 0 Å². The molecule has 2 aromatic carbocycles. The topological polar surface area (TPSA) is 133 Å². The van der Waals surface area contributed by atoms with E-state index in [0.717, 1.165) is 60.9 Å². The number of amides is 4. The van der Waals surface area contributed by atoms with E-state index in [1.54, 1.807) is 30.9 Å². The van der Waals surface area contributed by atoms with Crippen LogP contribution >= 0.6 is 0 Å². The molecule has 0 atom stereocenters. The third-order valence-electron chi connectivity index (χ3n) is 8.50. The number of aromatic nitrogens is 3. The Hall–Kier alpha value is -4.82. The number of carbonyl (C=O) groups excluding carboxylic acids is 3. The number of anilines is 2. The molecule has 4 aromatic rings. The highest BCUT2D eigenvalue weighted by atomic mass is 19.4. The molecule has 2 aliphatic heterocycles. The van der Waals surface area contributed by atoms with Crippen LogP contribution in [0.2, 0.25) is 0 Å². The second-order valence-corrected chi connectivity index (χ2v) is 12.4. The Kier molecular flexibility index (Phi) is 8.49. The number of nitrogens with zero attached hydrogens (tertiary/aromatic N) is 5. The largest absolute Gasteiger partial charge is 0.433 e. The van der Waals surface area contributed by atoms with E-state index in [-0.39, 0.29) is 23.9 Å². The number of alkyl halides is 3. The fourth-order valence-electron chi connectivity index (χ4n) is 6.01. The van der Waals surface area contributed by atoms with Crippen molar-refractivity contribution in [1.82, 2.24) is 25.0 Å². The number of imide groups is 1. The first kappa shape index (κ1) is 32.1. The fraction of sp³-hybridized carbons (Fsp3) is 0.364. The molecule has 0 aliphatic carbocycles. The number of halogens is 3. The first-order valence-electron chi connectivity index (χ1n) is 15.3. The summed E-state index contributed by atoms with van der Waals surface area (Å²) in [5.74, 6) is -0.926. The van der Waals surface area contributed by atoms with Crippen molar-refractivity contribution in [3.8, 4) is 0 Å². The molecule has 2 fully saturated rings. The van der Waals surface area contributed by atoms with E-state index < -0.39 is 29.4 Å². The number of aliphatic hydroxyl groups is 1. The Morgan fingerprint density at radius 3 is 2.49 bits per heavy atom. The van der Waals surface area contributed by atoms with Crippen LogP contribution in [0.3, 0.4) is 0 Å². The van der Waals surface area contributed by atoms with E-state index >= 15 is 0 Å². The second-order valence-electron chi connectivity index (χ2n) is 12.4. The smallest absolute Gasteiger partial charge is 0.386 e. The molecule has 2 aromatic heterocycles. The highest BCUT2D eigenvalue weighted by Crippen LogP contribution is 2.34. The van der Waals surface area contributed by atoms with Gasteiger partial charge in [0.05, 0.1) is 22.7 Å². The predicted octanol–water partition coefficient (Wildman–Crippen LogP) is 5.21. The molecule has 4 heterocycles. The number of carbonyl (C=O) groups is 3. The van der Waals surface area contributed by atoms with Gasteiger partial charge in [-0.2, -0.15) is 18.3 Å². The van der Waals surface area contributed by atoms with Crippen molar-refractivity contribution in [2.75, 3.05) is 29.9 Å². The van der Waals surface area contributed by atoms with Gasteiger partial charge in [-0.3, -0.25) is 34.4 Å². The molecule has 246 valence electrons. The standard InChI is InChI=1S/C33H34F3N7O4/c1-32(2,47)25-16-26-22(15-27(25)38-30(45)21-6-7-28(37-17-21)33(34,35)36)19-43(40-26)23-8-11-41(12-9-23)18-20-4-3-5-24(14-20)42-13-10-29(44)39-31(42)46/h3-7,14-17,19,23,47H,8-13,18H2,1-2H3,(H,38,45)(H,39,44,46). The van der Waals surface area contributed by atoms with E-state index in [1.807, 2.05) is 35.1 Å². The maximum absolute atomic E-state index is 13.0. The van der Waals surface area contributed by atoms with Gasteiger partial charge in [0, 0.05) is 67.3 Å². The quantitative estimate of drug-likeness (QED) is 0.250. The number of rotatable bonds is 7. The first-order chi connectivity index (χ1) is 22.2. The maximum Gasteiger partial charge on any atom is 0.433 e. The Morgan fingerprint density at radius 1 is 1.06 bits per heavy atom. The molecule has 2 saturated heterocycles. The van der Waals surface area contributed by atoms with Crippen molar-refractivity contribution in [3.05, 3.63) is 83.3 Å².